The molecule has 0 bridgehead atoms. The zero-order valence-corrected chi connectivity index (χ0v) is 11.9. The van der Waals surface area contributed by atoms with Crippen LogP contribution in [0, 0.1) is 0 Å². The molecule has 1 amide bonds. The first-order valence-corrected chi connectivity index (χ1v) is 7.34. The molecule has 1 aromatic heterocycles. The van der Waals surface area contributed by atoms with Crippen molar-refractivity contribution in [1.82, 2.24) is 4.98 Å². The largest absolute Gasteiger partial charge is 0.480 e. The van der Waals surface area contributed by atoms with Crippen LogP contribution < -0.4 is 15.2 Å². The number of carbonyl (C=O) groups excluding carboxylic acids is 1. The Morgan fingerprint density at radius 1 is 1.24 bits per heavy atom. The molecule has 0 saturated carbocycles. The summed E-state index contributed by atoms with van der Waals surface area (Å²) in [5, 5.41) is 0. The van der Waals surface area contributed by atoms with Gasteiger partial charge in [-0.2, -0.15) is 0 Å². The number of benzene rings is 1. The monoisotopic (exact) mass is 307 g/mol. The molecule has 0 aliphatic heterocycles. The van der Waals surface area contributed by atoms with E-state index in [1.54, 1.807) is 6.07 Å². The standard InChI is InChI=1S/C13H13N3O4S/c1-20-13-11(3-2-8-15-13)16-21(18,19)10-6-4-9(5-7-10)12(14)17/h2-8,16H,1H3,(H2,14,17). The van der Waals surface area contributed by atoms with Crippen molar-refractivity contribution in [2.75, 3.05) is 11.8 Å². The summed E-state index contributed by atoms with van der Waals surface area (Å²) in [6.45, 7) is 0. The second kappa shape index (κ2) is 5.80. The number of nitrogens with one attached hydrogen (secondary N) is 1. The van der Waals surface area contributed by atoms with Gasteiger partial charge in [0, 0.05) is 11.8 Å². The fourth-order valence-electron chi connectivity index (χ4n) is 1.63. The zero-order valence-electron chi connectivity index (χ0n) is 11.1. The summed E-state index contributed by atoms with van der Waals surface area (Å²) in [5.74, 6) is -0.462. The molecule has 21 heavy (non-hydrogen) atoms. The lowest BCUT2D eigenvalue weighted by Gasteiger charge is -2.10. The summed E-state index contributed by atoms with van der Waals surface area (Å²) in [4.78, 5) is 14.9. The number of primary amides is 1. The van der Waals surface area contributed by atoms with Crippen LogP contribution in [0.15, 0.2) is 47.5 Å². The van der Waals surface area contributed by atoms with Crippen LogP contribution in [0.3, 0.4) is 0 Å². The number of nitrogens with zero attached hydrogens (tertiary/aromatic N) is 1. The Balaban J connectivity index is 2.32. The minimum Gasteiger partial charge on any atom is -0.480 e. The molecule has 8 heteroatoms. The molecule has 0 radical (unpaired) electrons. The number of pyridine rings is 1. The Bertz CT molecular complexity index is 757. The molecule has 0 unspecified atom stereocenters. The van der Waals surface area contributed by atoms with Crippen LogP contribution in [-0.2, 0) is 10.0 Å². The average Bonchev–Trinajstić information content (AvgIpc) is 2.47. The number of hydrogen-bond donors (Lipinski definition) is 2. The van der Waals surface area contributed by atoms with Crippen LogP contribution in [0.4, 0.5) is 5.69 Å². The third kappa shape index (κ3) is 3.29. The maximum atomic E-state index is 12.2. The van der Waals surface area contributed by atoms with E-state index in [4.69, 9.17) is 10.5 Å². The predicted octanol–water partition coefficient (Wildman–Crippen LogP) is 0.990. The lowest BCUT2D eigenvalue weighted by molar-refractivity contribution is 0.1000. The average molecular weight is 307 g/mol. The van der Waals surface area contributed by atoms with Crippen molar-refractivity contribution in [2.24, 2.45) is 5.73 Å². The van der Waals surface area contributed by atoms with Gasteiger partial charge in [0.15, 0.2) is 0 Å². The Kier molecular flexibility index (Phi) is 4.08. The molecule has 0 fully saturated rings. The van der Waals surface area contributed by atoms with Gasteiger partial charge in [-0.05, 0) is 36.4 Å². The first kappa shape index (κ1) is 14.8. The van der Waals surface area contributed by atoms with Crippen LogP contribution in [0.1, 0.15) is 10.4 Å². The van der Waals surface area contributed by atoms with E-state index in [9.17, 15) is 13.2 Å². The number of sulfonamides is 1. The number of nitrogens with two attached hydrogens (primary N) is 1. The zero-order chi connectivity index (χ0) is 15.5. The Hall–Kier alpha value is -2.61. The van der Waals surface area contributed by atoms with Gasteiger partial charge in [0.05, 0.1) is 12.0 Å². The van der Waals surface area contributed by atoms with Gasteiger partial charge in [-0.3, -0.25) is 9.52 Å². The quantitative estimate of drug-likeness (QED) is 0.855. The van der Waals surface area contributed by atoms with Crippen molar-refractivity contribution in [3.8, 4) is 5.88 Å². The molecule has 2 aromatic rings. The van der Waals surface area contributed by atoms with E-state index < -0.39 is 15.9 Å². The van der Waals surface area contributed by atoms with Gasteiger partial charge in [0.2, 0.25) is 11.8 Å². The van der Waals surface area contributed by atoms with Crippen LogP contribution in [0.2, 0.25) is 0 Å². The molecule has 110 valence electrons. The number of rotatable bonds is 5. The molecule has 0 spiro atoms. The topological polar surface area (TPSA) is 111 Å². The van der Waals surface area contributed by atoms with Crippen molar-refractivity contribution >= 4 is 21.6 Å². The van der Waals surface area contributed by atoms with Gasteiger partial charge in [-0.1, -0.05) is 0 Å². The summed E-state index contributed by atoms with van der Waals surface area (Å²) in [6, 6.07) is 8.39. The van der Waals surface area contributed by atoms with Crippen LogP contribution in [0.25, 0.3) is 0 Å². The van der Waals surface area contributed by atoms with Gasteiger partial charge in [0.1, 0.15) is 5.69 Å². The SMILES string of the molecule is COc1ncccc1NS(=O)(=O)c1ccc(C(N)=O)cc1. The van der Waals surface area contributed by atoms with Gasteiger partial charge < -0.3 is 10.5 Å². The molecule has 1 aromatic carbocycles. The van der Waals surface area contributed by atoms with E-state index in [1.807, 2.05) is 0 Å². The van der Waals surface area contributed by atoms with Gasteiger partial charge in [0.25, 0.3) is 10.0 Å². The number of amides is 1. The fourth-order valence-corrected chi connectivity index (χ4v) is 2.69. The van der Waals surface area contributed by atoms with Crippen molar-refractivity contribution in [2.45, 2.75) is 4.90 Å². The molecule has 0 atom stereocenters. The third-order valence-corrected chi connectivity index (χ3v) is 4.04. The third-order valence-electron chi connectivity index (χ3n) is 2.66. The fraction of sp³-hybridized carbons (Fsp3) is 0.0769. The summed E-state index contributed by atoms with van der Waals surface area (Å²) in [6.07, 6.45) is 1.48. The minimum atomic E-state index is -3.81. The molecular weight excluding hydrogens is 294 g/mol. The normalized spacial score (nSPS) is 10.9. The molecule has 1 heterocycles. The minimum absolute atomic E-state index is 0.00148. The number of aromatic nitrogens is 1. The number of methoxy groups -OCH3 is 1. The number of carbonyl (C=O) groups is 1. The van der Waals surface area contributed by atoms with Crippen LogP contribution in [-0.4, -0.2) is 26.4 Å². The molecule has 3 N–H and O–H groups in total. The van der Waals surface area contributed by atoms with Crippen molar-refractivity contribution in [3.63, 3.8) is 0 Å². The van der Waals surface area contributed by atoms with Crippen molar-refractivity contribution in [3.05, 3.63) is 48.2 Å². The number of hydrogen-bond acceptors (Lipinski definition) is 5. The molecule has 0 aliphatic rings. The second-order valence-electron chi connectivity index (χ2n) is 4.05. The van der Waals surface area contributed by atoms with E-state index in [0.717, 1.165) is 0 Å². The lowest BCUT2D eigenvalue weighted by Crippen LogP contribution is -2.15. The van der Waals surface area contributed by atoms with E-state index in [2.05, 4.69) is 9.71 Å². The summed E-state index contributed by atoms with van der Waals surface area (Å²) in [5.41, 5.74) is 5.56. The first-order chi connectivity index (χ1) is 9.94. The second-order valence-corrected chi connectivity index (χ2v) is 5.74. The van der Waals surface area contributed by atoms with Gasteiger partial charge in [-0.25, -0.2) is 13.4 Å². The van der Waals surface area contributed by atoms with Crippen molar-refractivity contribution < 1.29 is 17.9 Å². The Morgan fingerprint density at radius 3 is 2.48 bits per heavy atom. The van der Waals surface area contributed by atoms with Gasteiger partial charge >= 0.3 is 0 Å². The van der Waals surface area contributed by atoms with Gasteiger partial charge in [-0.15, -0.1) is 0 Å². The summed E-state index contributed by atoms with van der Waals surface area (Å²) in [7, 11) is -2.42. The van der Waals surface area contributed by atoms with E-state index >= 15 is 0 Å². The summed E-state index contributed by atoms with van der Waals surface area (Å²) >= 11 is 0. The van der Waals surface area contributed by atoms with E-state index in [-0.39, 0.29) is 22.0 Å². The number of anilines is 1. The molecular formula is C13H13N3O4S. The highest BCUT2D eigenvalue weighted by Crippen LogP contribution is 2.23. The number of ether oxygens (including phenoxy) is 1. The van der Waals surface area contributed by atoms with Crippen LogP contribution >= 0.6 is 0 Å². The highest BCUT2D eigenvalue weighted by molar-refractivity contribution is 7.92. The van der Waals surface area contributed by atoms with E-state index in [1.165, 1.54) is 43.6 Å². The Labute approximate surface area is 121 Å². The Morgan fingerprint density at radius 2 is 1.90 bits per heavy atom. The van der Waals surface area contributed by atoms with Crippen LogP contribution in [0.5, 0.6) is 5.88 Å². The molecule has 2 rings (SSSR count). The molecule has 0 saturated heterocycles. The highest BCUT2D eigenvalue weighted by Gasteiger charge is 2.17. The highest BCUT2D eigenvalue weighted by atomic mass is 32.2. The molecule has 0 aliphatic carbocycles. The summed E-state index contributed by atoms with van der Waals surface area (Å²) < 4.78 is 31.8. The maximum absolute atomic E-state index is 12.2. The van der Waals surface area contributed by atoms with Crippen molar-refractivity contribution in [1.29, 1.82) is 0 Å². The first-order valence-electron chi connectivity index (χ1n) is 5.86. The molecule has 7 nitrogen and oxygen atoms in total. The maximum Gasteiger partial charge on any atom is 0.262 e. The lowest BCUT2D eigenvalue weighted by atomic mass is 10.2. The smallest absolute Gasteiger partial charge is 0.262 e. The predicted molar refractivity (Wildman–Crippen MR) is 76.6 cm³/mol. The van der Waals surface area contributed by atoms with E-state index in [0.29, 0.717) is 0 Å².